The number of amides is 1. The Morgan fingerprint density at radius 2 is 2.06 bits per heavy atom. The molecule has 0 aliphatic carbocycles. The van der Waals surface area contributed by atoms with Crippen molar-refractivity contribution in [1.29, 1.82) is 0 Å². The fraction of sp³-hybridized carbons (Fsp3) is 0.462. The molecule has 94 valence electrons. The van der Waals surface area contributed by atoms with Crippen LogP contribution >= 0.6 is 11.8 Å². The molecule has 0 radical (unpaired) electrons. The van der Waals surface area contributed by atoms with Crippen molar-refractivity contribution >= 4 is 17.7 Å². The molecule has 1 rings (SSSR count). The summed E-state index contributed by atoms with van der Waals surface area (Å²) >= 11 is 1.80. The molecule has 3 N–H and O–H groups in total. The number of likely N-dealkylation sites (N-methyl/N-ethyl adjacent to an activating group) is 1. The maximum absolute atomic E-state index is 11.3. The first kappa shape index (κ1) is 14.1. The van der Waals surface area contributed by atoms with Crippen molar-refractivity contribution in [1.82, 2.24) is 5.32 Å². The Morgan fingerprint density at radius 1 is 1.41 bits per heavy atom. The lowest BCUT2D eigenvalue weighted by molar-refractivity contribution is -0.123. The smallest absolute Gasteiger partial charge is 0.237 e. The van der Waals surface area contributed by atoms with Gasteiger partial charge < -0.3 is 11.1 Å². The number of rotatable bonds is 7. The summed E-state index contributed by atoms with van der Waals surface area (Å²) in [5.41, 5.74) is 4.78. The van der Waals surface area contributed by atoms with Gasteiger partial charge in [0.15, 0.2) is 0 Å². The summed E-state index contributed by atoms with van der Waals surface area (Å²) in [5.74, 6) is 0.707. The number of hydrogen-bond acceptors (Lipinski definition) is 3. The number of primary amides is 1. The molecule has 0 aromatic heterocycles. The summed E-state index contributed by atoms with van der Waals surface area (Å²) in [5, 5.41) is 2.99. The second kappa shape index (κ2) is 6.67. The molecule has 0 fully saturated rings. The molecule has 0 spiro atoms. The van der Waals surface area contributed by atoms with E-state index in [2.05, 4.69) is 17.4 Å². The van der Waals surface area contributed by atoms with E-state index in [0.29, 0.717) is 0 Å². The van der Waals surface area contributed by atoms with Gasteiger partial charge in [-0.1, -0.05) is 18.2 Å². The van der Waals surface area contributed by atoms with Crippen molar-refractivity contribution in [2.45, 2.75) is 30.2 Å². The maximum Gasteiger partial charge on any atom is 0.237 e. The van der Waals surface area contributed by atoms with Gasteiger partial charge in [0.05, 0.1) is 5.54 Å². The average Bonchev–Trinajstić information content (AvgIpc) is 2.35. The highest BCUT2D eigenvalue weighted by Gasteiger charge is 2.27. The summed E-state index contributed by atoms with van der Waals surface area (Å²) in [6, 6.07) is 10.3. The Kier molecular flexibility index (Phi) is 5.51. The Labute approximate surface area is 107 Å². The van der Waals surface area contributed by atoms with E-state index in [9.17, 15) is 4.79 Å². The third-order valence-corrected chi connectivity index (χ3v) is 4.03. The second-order valence-corrected chi connectivity index (χ2v) is 5.38. The minimum absolute atomic E-state index is 0.287. The van der Waals surface area contributed by atoms with Crippen LogP contribution in [0.25, 0.3) is 0 Å². The van der Waals surface area contributed by atoms with Gasteiger partial charge in [0.25, 0.3) is 0 Å². The molecule has 0 bridgehead atoms. The largest absolute Gasteiger partial charge is 0.368 e. The van der Waals surface area contributed by atoms with Crippen LogP contribution in [0.15, 0.2) is 35.2 Å². The van der Waals surface area contributed by atoms with Crippen LogP contribution in [0.4, 0.5) is 0 Å². The zero-order valence-corrected chi connectivity index (χ0v) is 11.2. The van der Waals surface area contributed by atoms with Crippen molar-refractivity contribution < 1.29 is 4.79 Å². The van der Waals surface area contributed by atoms with Gasteiger partial charge in [-0.05, 0) is 44.7 Å². The van der Waals surface area contributed by atoms with Crippen molar-refractivity contribution in [3.63, 3.8) is 0 Å². The van der Waals surface area contributed by atoms with Crippen molar-refractivity contribution in [2.75, 3.05) is 12.8 Å². The summed E-state index contributed by atoms with van der Waals surface area (Å²) < 4.78 is 0. The number of nitrogens with two attached hydrogens (primary N) is 1. The van der Waals surface area contributed by atoms with E-state index in [1.165, 1.54) is 4.90 Å². The number of thioether (sulfide) groups is 1. The number of benzene rings is 1. The highest BCUT2D eigenvalue weighted by molar-refractivity contribution is 7.99. The predicted molar refractivity (Wildman–Crippen MR) is 73.1 cm³/mol. The lowest BCUT2D eigenvalue weighted by atomic mass is 9.96. The monoisotopic (exact) mass is 252 g/mol. The maximum atomic E-state index is 11.3. The van der Waals surface area contributed by atoms with Crippen LogP contribution in [0.5, 0.6) is 0 Å². The SMILES string of the molecule is CNC(C)(CCCSc1ccccc1)C(N)=O. The van der Waals surface area contributed by atoms with Crippen molar-refractivity contribution in [3.8, 4) is 0 Å². The Balaban J connectivity index is 2.31. The van der Waals surface area contributed by atoms with Crippen molar-refractivity contribution in [3.05, 3.63) is 30.3 Å². The third-order valence-electron chi connectivity index (χ3n) is 2.93. The molecule has 17 heavy (non-hydrogen) atoms. The van der Waals surface area contributed by atoms with E-state index in [1.54, 1.807) is 18.8 Å². The number of carbonyl (C=O) groups is 1. The molecular formula is C13H20N2OS. The van der Waals surface area contributed by atoms with Crippen LogP contribution < -0.4 is 11.1 Å². The zero-order valence-electron chi connectivity index (χ0n) is 10.4. The predicted octanol–water partition coefficient (Wildman–Crippen LogP) is 2.02. The quantitative estimate of drug-likeness (QED) is 0.576. The first-order chi connectivity index (χ1) is 8.08. The van der Waals surface area contributed by atoms with Crippen LogP contribution in [0.2, 0.25) is 0 Å². The summed E-state index contributed by atoms with van der Waals surface area (Å²) in [6.45, 7) is 1.85. The van der Waals surface area contributed by atoms with Crippen LogP contribution in [0.1, 0.15) is 19.8 Å². The molecule has 0 aliphatic heterocycles. The van der Waals surface area contributed by atoms with Gasteiger partial charge in [0.2, 0.25) is 5.91 Å². The van der Waals surface area contributed by atoms with E-state index >= 15 is 0 Å². The van der Waals surface area contributed by atoms with E-state index in [4.69, 9.17) is 5.73 Å². The first-order valence-electron chi connectivity index (χ1n) is 5.75. The van der Waals surface area contributed by atoms with Crippen LogP contribution in [-0.2, 0) is 4.79 Å². The summed E-state index contributed by atoms with van der Waals surface area (Å²) in [6.07, 6.45) is 1.72. The lowest BCUT2D eigenvalue weighted by Gasteiger charge is -2.25. The van der Waals surface area contributed by atoms with Gasteiger partial charge >= 0.3 is 0 Å². The average molecular weight is 252 g/mol. The third kappa shape index (κ3) is 4.40. The number of nitrogens with one attached hydrogen (secondary N) is 1. The molecule has 0 aliphatic rings. The molecule has 0 saturated carbocycles. The van der Waals surface area contributed by atoms with E-state index in [-0.39, 0.29) is 5.91 Å². The Hall–Kier alpha value is -1.00. The van der Waals surface area contributed by atoms with Gasteiger partial charge in [-0.3, -0.25) is 4.79 Å². The molecule has 1 amide bonds. The molecule has 1 unspecified atom stereocenters. The molecule has 1 aromatic carbocycles. The molecule has 1 atom stereocenters. The molecule has 1 aromatic rings. The van der Waals surface area contributed by atoms with E-state index in [0.717, 1.165) is 18.6 Å². The Bertz CT molecular complexity index is 356. The first-order valence-corrected chi connectivity index (χ1v) is 6.74. The number of carbonyl (C=O) groups excluding carboxylic acids is 1. The van der Waals surface area contributed by atoms with Crippen LogP contribution in [-0.4, -0.2) is 24.2 Å². The van der Waals surface area contributed by atoms with Gasteiger partial charge in [0, 0.05) is 4.90 Å². The summed E-state index contributed by atoms with van der Waals surface area (Å²) in [4.78, 5) is 12.5. The fourth-order valence-electron chi connectivity index (χ4n) is 1.50. The highest BCUT2D eigenvalue weighted by atomic mass is 32.2. The normalized spacial score (nSPS) is 14.2. The molecule has 0 heterocycles. The molecular weight excluding hydrogens is 232 g/mol. The van der Waals surface area contributed by atoms with E-state index in [1.807, 2.05) is 25.1 Å². The van der Waals surface area contributed by atoms with E-state index < -0.39 is 5.54 Å². The minimum Gasteiger partial charge on any atom is -0.368 e. The van der Waals surface area contributed by atoms with Crippen LogP contribution in [0.3, 0.4) is 0 Å². The topological polar surface area (TPSA) is 55.1 Å². The number of hydrogen-bond donors (Lipinski definition) is 2. The molecule has 0 saturated heterocycles. The van der Waals surface area contributed by atoms with Crippen LogP contribution in [0, 0.1) is 0 Å². The van der Waals surface area contributed by atoms with Gasteiger partial charge in [-0.2, -0.15) is 0 Å². The standard InChI is InChI=1S/C13H20N2OS/c1-13(15-2,12(14)16)9-6-10-17-11-7-4-3-5-8-11/h3-5,7-8,15H,6,9-10H2,1-2H3,(H2,14,16). The van der Waals surface area contributed by atoms with Gasteiger partial charge in [-0.25, -0.2) is 0 Å². The minimum atomic E-state index is -0.586. The zero-order chi connectivity index (χ0) is 12.7. The highest BCUT2D eigenvalue weighted by Crippen LogP contribution is 2.20. The van der Waals surface area contributed by atoms with Gasteiger partial charge in [-0.15, -0.1) is 11.8 Å². The molecule has 3 nitrogen and oxygen atoms in total. The van der Waals surface area contributed by atoms with Gasteiger partial charge in [0.1, 0.15) is 0 Å². The summed E-state index contributed by atoms with van der Waals surface area (Å²) in [7, 11) is 1.77. The second-order valence-electron chi connectivity index (χ2n) is 4.21. The molecule has 4 heteroatoms. The fourth-order valence-corrected chi connectivity index (χ4v) is 2.38. The van der Waals surface area contributed by atoms with Crippen molar-refractivity contribution in [2.24, 2.45) is 5.73 Å². The lowest BCUT2D eigenvalue weighted by Crippen LogP contribution is -2.51. The Morgan fingerprint density at radius 3 is 2.59 bits per heavy atom.